The van der Waals surface area contributed by atoms with Crippen LogP contribution in [-0.4, -0.2) is 55.1 Å². The molecule has 3 heterocycles. The van der Waals surface area contributed by atoms with Crippen molar-refractivity contribution >= 4 is 28.2 Å². The summed E-state index contributed by atoms with van der Waals surface area (Å²) in [5.41, 5.74) is 5.30. The Bertz CT molecular complexity index is 1170. The molecule has 0 atom stereocenters. The van der Waals surface area contributed by atoms with Gasteiger partial charge in [-0.25, -0.2) is 14.8 Å². The highest BCUT2D eigenvalue weighted by atomic mass is 19.4. The maximum atomic E-state index is 10.6. The van der Waals surface area contributed by atoms with Crippen molar-refractivity contribution in [2.24, 2.45) is 0 Å². The van der Waals surface area contributed by atoms with Crippen LogP contribution in [0.2, 0.25) is 0 Å². The number of carboxylic acids is 1. The number of hydrogen-bond donors (Lipinski definition) is 1. The summed E-state index contributed by atoms with van der Waals surface area (Å²) in [6.07, 6.45) is -2.30. The Hall–Kier alpha value is -3.76. The summed E-state index contributed by atoms with van der Waals surface area (Å²) in [6.45, 7) is 2.93. The molecule has 176 valence electrons. The zero-order valence-corrected chi connectivity index (χ0v) is 18.4. The molecule has 0 bridgehead atoms. The zero-order valence-electron chi connectivity index (χ0n) is 18.4. The Labute approximate surface area is 187 Å². The fraction of sp³-hybridized carbons (Fsp3) is 0.318. The third-order valence-corrected chi connectivity index (χ3v) is 5.10. The molecular formula is C22H22F3N3O5. The number of methoxy groups -OCH3 is 3. The lowest BCUT2D eigenvalue weighted by Gasteiger charge is -2.22. The van der Waals surface area contributed by atoms with E-state index in [1.54, 1.807) is 21.3 Å². The maximum Gasteiger partial charge on any atom is 0.490 e. The number of rotatable bonds is 4. The van der Waals surface area contributed by atoms with E-state index in [2.05, 4.69) is 16.8 Å². The predicted octanol–water partition coefficient (Wildman–Crippen LogP) is 4.29. The van der Waals surface area contributed by atoms with E-state index in [0.717, 1.165) is 46.7 Å². The summed E-state index contributed by atoms with van der Waals surface area (Å²) in [5.74, 6) is -0.688. The average molecular weight is 465 g/mol. The summed E-state index contributed by atoms with van der Waals surface area (Å²) in [7, 11) is 4.94. The van der Waals surface area contributed by atoms with E-state index in [1.807, 2.05) is 30.5 Å². The highest BCUT2D eigenvalue weighted by Crippen LogP contribution is 2.44. The number of carboxylic acid groups (broad SMARTS) is 1. The molecule has 11 heteroatoms. The second-order valence-corrected chi connectivity index (χ2v) is 7.01. The number of hydrogen-bond acceptors (Lipinski definition) is 7. The number of ether oxygens (including phenoxy) is 3. The number of alkyl halides is 3. The van der Waals surface area contributed by atoms with Gasteiger partial charge in [-0.2, -0.15) is 13.2 Å². The minimum absolute atomic E-state index is 0.604. The van der Waals surface area contributed by atoms with Crippen LogP contribution in [0, 0.1) is 6.92 Å². The second-order valence-electron chi connectivity index (χ2n) is 7.01. The fourth-order valence-corrected chi connectivity index (χ4v) is 3.58. The molecule has 1 aliphatic rings. The van der Waals surface area contributed by atoms with Crippen molar-refractivity contribution < 1.29 is 37.3 Å². The van der Waals surface area contributed by atoms with Crippen LogP contribution in [-0.2, 0) is 11.2 Å². The van der Waals surface area contributed by atoms with E-state index in [1.165, 1.54) is 5.56 Å². The highest BCUT2D eigenvalue weighted by molar-refractivity contribution is 6.00. The van der Waals surface area contributed by atoms with E-state index in [4.69, 9.17) is 29.1 Å². The molecule has 33 heavy (non-hydrogen) atoms. The highest BCUT2D eigenvalue weighted by Gasteiger charge is 2.38. The van der Waals surface area contributed by atoms with Gasteiger partial charge in [0.05, 0.1) is 38.9 Å². The normalized spacial score (nSPS) is 12.6. The Kier molecular flexibility index (Phi) is 6.80. The first kappa shape index (κ1) is 23.9. The maximum absolute atomic E-state index is 10.6. The SMILES string of the molecule is COc1cc(OC)c2nc(C)c3c(c2c1)N(c1ccc(OC)nc1)CC3.O=C(O)C(F)(F)F. The number of nitrogens with zero attached hydrogens (tertiary/aromatic N) is 3. The van der Waals surface area contributed by atoms with Gasteiger partial charge in [0.15, 0.2) is 0 Å². The molecule has 0 radical (unpaired) electrons. The largest absolute Gasteiger partial charge is 0.497 e. The molecule has 4 rings (SSSR count). The second kappa shape index (κ2) is 9.39. The number of benzene rings is 1. The number of anilines is 2. The van der Waals surface area contributed by atoms with Crippen LogP contribution < -0.4 is 19.1 Å². The van der Waals surface area contributed by atoms with E-state index >= 15 is 0 Å². The third-order valence-electron chi connectivity index (χ3n) is 5.10. The first-order valence-electron chi connectivity index (χ1n) is 9.73. The molecular weight excluding hydrogens is 443 g/mol. The van der Waals surface area contributed by atoms with Crippen LogP contribution in [0.5, 0.6) is 17.4 Å². The van der Waals surface area contributed by atoms with E-state index in [0.29, 0.717) is 11.6 Å². The van der Waals surface area contributed by atoms with E-state index in [-0.39, 0.29) is 0 Å². The van der Waals surface area contributed by atoms with E-state index < -0.39 is 12.1 Å². The lowest BCUT2D eigenvalue weighted by atomic mass is 10.1. The van der Waals surface area contributed by atoms with Crippen molar-refractivity contribution in [3.8, 4) is 17.4 Å². The molecule has 3 aromatic rings. The standard InChI is InChI=1S/C20H21N3O3.C2HF3O2/c1-12-15-7-8-23(13-5-6-18(26-4)21-11-13)20(15)16-9-14(24-2)10-17(25-3)19(16)22-12;3-2(4,5)1(6)7/h5-6,9-11H,7-8H2,1-4H3;(H,6,7). The lowest BCUT2D eigenvalue weighted by molar-refractivity contribution is -0.192. The Morgan fingerprint density at radius 2 is 1.82 bits per heavy atom. The minimum atomic E-state index is -5.08. The molecule has 0 fully saturated rings. The first-order valence-corrected chi connectivity index (χ1v) is 9.73. The molecule has 0 aliphatic carbocycles. The van der Waals surface area contributed by atoms with Gasteiger partial charge in [-0.05, 0) is 31.0 Å². The zero-order chi connectivity index (χ0) is 24.3. The Morgan fingerprint density at radius 1 is 1.12 bits per heavy atom. The topological polar surface area (TPSA) is 94.0 Å². The quantitative estimate of drug-likeness (QED) is 0.610. The summed E-state index contributed by atoms with van der Waals surface area (Å²) in [6, 6.07) is 7.80. The van der Waals surface area contributed by atoms with Crippen LogP contribution >= 0.6 is 0 Å². The van der Waals surface area contributed by atoms with Crippen LogP contribution in [0.4, 0.5) is 24.5 Å². The number of aromatic nitrogens is 2. The predicted molar refractivity (Wildman–Crippen MR) is 115 cm³/mol. The summed E-state index contributed by atoms with van der Waals surface area (Å²) in [5, 5.41) is 8.15. The van der Waals surface area contributed by atoms with Crippen LogP contribution in [0.1, 0.15) is 11.3 Å². The molecule has 1 aromatic carbocycles. The van der Waals surface area contributed by atoms with Gasteiger partial charge in [-0.3, -0.25) is 0 Å². The first-order chi connectivity index (χ1) is 15.6. The number of fused-ring (bicyclic) bond motifs is 3. The average Bonchev–Trinajstić information content (AvgIpc) is 3.24. The molecule has 0 spiro atoms. The number of halogens is 3. The Morgan fingerprint density at radius 3 is 2.33 bits per heavy atom. The Balaban J connectivity index is 0.000000383. The van der Waals surface area contributed by atoms with Gasteiger partial charge in [0, 0.05) is 29.8 Å². The molecule has 1 aliphatic heterocycles. The number of aliphatic carboxylic acids is 1. The number of carbonyl (C=O) groups is 1. The molecule has 1 N–H and O–H groups in total. The minimum Gasteiger partial charge on any atom is -0.497 e. The fourth-order valence-electron chi connectivity index (χ4n) is 3.58. The van der Waals surface area contributed by atoms with Gasteiger partial charge < -0.3 is 24.2 Å². The smallest absolute Gasteiger partial charge is 0.490 e. The van der Waals surface area contributed by atoms with Crippen molar-refractivity contribution in [2.45, 2.75) is 19.5 Å². The van der Waals surface area contributed by atoms with Crippen molar-refractivity contribution in [1.29, 1.82) is 0 Å². The van der Waals surface area contributed by atoms with Crippen LogP contribution in [0.25, 0.3) is 10.9 Å². The molecule has 2 aromatic heterocycles. The van der Waals surface area contributed by atoms with Crippen molar-refractivity contribution in [3.63, 3.8) is 0 Å². The van der Waals surface area contributed by atoms with Crippen molar-refractivity contribution in [1.82, 2.24) is 9.97 Å². The van der Waals surface area contributed by atoms with Crippen molar-refractivity contribution in [2.75, 3.05) is 32.8 Å². The summed E-state index contributed by atoms with van der Waals surface area (Å²) < 4.78 is 48.0. The molecule has 0 amide bonds. The van der Waals surface area contributed by atoms with Crippen LogP contribution in [0.3, 0.4) is 0 Å². The third kappa shape index (κ3) is 4.86. The van der Waals surface area contributed by atoms with Gasteiger partial charge in [0.1, 0.15) is 17.0 Å². The molecule has 0 saturated carbocycles. The van der Waals surface area contributed by atoms with Gasteiger partial charge in [0.2, 0.25) is 5.88 Å². The van der Waals surface area contributed by atoms with Gasteiger partial charge in [0.25, 0.3) is 0 Å². The monoisotopic (exact) mass is 465 g/mol. The number of pyridine rings is 2. The lowest BCUT2D eigenvalue weighted by Crippen LogP contribution is -2.21. The van der Waals surface area contributed by atoms with E-state index in [9.17, 15) is 13.2 Å². The molecule has 0 saturated heterocycles. The molecule has 8 nitrogen and oxygen atoms in total. The summed E-state index contributed by atoms with van der Waals surface area (Å²) >= 11 is 0. The van der Waals surface area contributed by atoms with Gasteiger partial charge >= 0.3 is 12.1 Å². The molecule has 0 unspecified atom stereocenters. The van der Waals surface area contributed by atoms with Gasteiger partial charge in [-0.15, -0.1) is 0 Å². The van der Waals surface area contributed by atoms with Crippen LogP contribution in [0.15, 0.2) is 30.5 Å². The summed E-state index contributed by atoms with van der Waals surface area (Å²) in [4.78, 5) is 20.3. The van der Waals surface area contributed by atoms with Crippen molar-refractivity contribution in [3.05, 3.63) is 41.7 Å². The van der Waals surface area contributed by atoms with Gasteiger partial charge in [-0.1, -0.05) is 0 Å². The number of aryl methyl sites for hydroxylation is 1.